The number of amides is 3. The molecule has 1 atom stereocenters. The fraction of sp³-hybridized carbons (Fsp3) is 0.176. The van der Waals surface area contributed by atoms with E-state index in [9.17, 15) is 23.2 Å². The first-order valence-electron chi connectivity index (χ1n) is 7.60. The van der Waals surface area contributed by atoms with E-state index in [0.29, 0.717) is 5.56 Å². The first-order chi connectivity index (χ1) is 12.9. The molecule has 27 heavy (non-hydrogen) atoms. The summed E-state index contributed by atoms with van der Waals surface area (Å²) in [5, 5.41) is 4.01. The Labute approximate surface area is 157 Å². The van der Waals surface area contributed by atoms with Gasteiger partial charge in [0.1, 0.15) is 5.03 Å². The van der Waals surface area contributed by atoms with Gasteiger partial charge in [-0.05, 0) is 23.9 Å². The van der Waals surface area contributed by atoms with Gasteiger partial charge in [0.2, 0.25) is 6.10 Å². The number of imide groups is 1. The molecule has 0 aliphatic rings. The van der Waals surface area contributed by atoms with Crippen LogP contribution in [0.4, 0.5) is 13.6 Å². The van der Waals surface area contributed by atoms with Gasteiger partial charge in [-0.15, -0.1) is 0 Å². The monoisotopic (exact) mass is 395 g/mol. The van der Waals surface area contributed by atoms with E-state index in [1.807, 2.05) is 5.32 Å². The van der Waals surface area contributed by atoms with Crippen molar-refractivity contribution in [3.63, 3.8) is 0 Å². The lowest BCUT2D eigenvalue weighted by Gasteiger charge is -2.18. The van der Waals surface area contributed by atoms with Crippen LogP contribution in [0.15, 0.2) is 53.7 Å². The van der Waals surface area contributed by atoms with Gasteiger partial charge >= 0.3 is 12.0 Å². The zero-order valence-corrected chi connectivity index (χ0v) is 14.8. The molecule has 0 saturated carbocycles. The molecule has 0 spiro atoms. The van der Waals surface area contributed by atoms with E-state index in [0.717, 1.165) is 0 Å². The van der Waals surface area contributed by atoms with Gasteiger partial charge in [-0.1, -0.05) is 30.3 Å². The van der Waals surface area contributed by atoms with E-state index in [1.54, 1.807) is 18.2 Å². The number of hydrogen-bond acceptors (Lipinski definition) is 6. The summed E-state index contributed by atoms with van der Waals surface area (Å²) in [5.41, 5.74) is 0.0932. The van der Waals surface area contributed by atoms with Gasteiger partial charge in [-0.3, -0.25) is 10.1 Å². The molecular formula is C17H15F2N3O4S. The Balaban J connectivity index is 2.29. The molecule has 1 aromatic heterocycles. The number of rotatable bonds is 6. The SMILES string of the molecule is CNC(=O)NC(=O)[C@@H](OC(=O)c1cccnc1SC(F)F)c1ccccc1. The normalized spacial score (nSPS) is 11.6. The average molecular weight is 395 g/mol. The number of nitrogens with one attached hydrogen (secondary N) is 2. The number of alkyl halides is 2. The van der Waals surface area contributed by atoms with Gasteiger partial charge in [0, 0.05) is 18.8 Å². The number of halogens is 2. The lowest BCUT2D eigenvalue weighted by Crippen LogP contribution is -2.41. The largest absolute Gasteiger partial charge is 0.444 e. The average Bonchev–Trinajstić information content (AvgIpc) is 2.66. The maximum atomic E-state index is 12.7. The molecule has 0 radical (unpaired) electrons. The lowest BCUT2D eigenvalue weighted by molar-refractivity contribution is -0.129. The van der Waals surface area contributed by atoms with Crippen molar-refractivity contribution >= 4 is 29.7 Å². The highest BCUT2D eigenvalue weighted by Gasteiger charge is 2.28. The summed E-state index contributed by atoms with van der Waals surface area (Å²) in [6.45, 7) is 0. The van der Waals surface area contributed by atoms with Crippen LogP contribution in [0.5, 0.6) is 0 Å². The molecule has 0 fully saturated rings. The van der Waals surface area contributed by atoms with Crippen molar-refractivity contribution in [3.8, 4) is 0 Å². The molecule has 0 unspecified atom stereocenters. The van der Waals surface area contributed by atoms with E-state index in [-0.39, 0.29) is 22.4 Å². The van der Waals surface area contributed by atoms with Crippen molar-refractivity contribution in [1.82, 2.24) is 15.6 Å². The number of nitrogens with zero attached hydrogens (tertiary/aromatic N) is 1. The Morgan fingerprint density at radius 1 is 1.11 bits per heavy atom. The molecule has 0 aliphatic heterocycles. The number of esters is 1. The Morgan fingerprint density at radius 2 is 1.81 bits per heavy atom. The Hall–Kier alpha value is -3.01. The number of aromatic nitrogens is 1. The predicted octanol–water partition coefficient (Wildman–Crippen LogP) is 2.75. The second kappa shape index (κ2) is 9.62. The fourth-order valence-electron chi connectivity index (χ4n) is 2.04. The Kier molecular flexibility index (Phi) is 7.24. The van der Waals surface area contributed by atoms with Crippen LogP contribution >= 0.6 is 11.8 Å². The van der Waals surface area contributed by atoms with Gasteiger partial charge in [-0.25, -0.2) is 14.6 Å². The number of hydrogen-bond donors (Lipinski definition) is 2. The second-order valence-electron chi connectivity index (χ2n) is 5.00. The summed E-state index contributed by atoms with van der Waals surface area (Å²) >= 11 is 0.0890. The van der Waals surface area contributed by atoms with Gasteiger partial charge in [0.05, 0.1) is 5.56 Å². The molecule has 0 saturated heterocycles. The third kappa shape index (κ3) is 5.74. The third-order valence-electron chi connectivity index (χ3n) is 3.22. The Morgan fingerprint density at radius 3 is 2.44 bits per heavy atom. The molecule has 0 aliphatic carbocycles. The number of thioether (sulfide) groups is 1. The smallest absolute Gasteiger partial charge is 0.342 e. The molecule has 2 aromatic rings. The van der Waals surface area contributed by atoms with Crippen LogP contribution in [0.1, 0.15) is 22.0 Å². The first-order valence-corrected chi connectivity index (χ1v) is 8.48. The number of ether oxygens (including phenoxy) is 1. The highest BCUT2D eigenvalue weighted by Crippen LogP contribution is 2.28. The number of urea groups is 1. The van der Waals surface area contributed by atoms with E-state index in [4.69, 9.17) is 4.74 Å². The van der Waals surface area contributed by atoms with Crippen LogP contribution in [0.3, 0.4) is 0 Å². The molecule has 10 heteroatoms. The van der Waals surface area contributed by atoms with Crippen molar-refractivity contribution in [2.45, 2.75) is 16.9 Å². The summed E-state index contributed by atoms with van der Waals surface area (Å²) in [7, 11) is 1.32. The standard InChI is InChI=1S/C17H15F2N3O4S/c1-20-17(25)22-13(23)12(10-6-3-2-4-7-10)26-15(24)11-8-5-9-21-14(11)27-16(18)19/h2-9,12,16H,1H3,(H2,20,22,23,25)/t12-/m0/s1. The van der Waals surface area contributed by atoms with Crippen molar-refractivity contribution in [2.75, 3.05) is 7.05 Å². The minimum absolute atomic E-state index is 0.0890. The highest BCUT2D eigenvalue weighted by molar-refractivity contribution is 7.99. The van der Waals surface area contributed by atoms with Crippen LogP contribution in [0.2, 0.25) is 0 Å². The first kappa shape index (κ1) is 20.3. The fourth-order valence-corrected chi connectivity index (χ4v) is 2.60. The summed E-state index contributed by atoms with van der Waals surface area (Å²) < 4.78 is 30.6. The van der Waals surface area contributed by atoms with Crippen molar-refractivity contribution in [1.29, 1.82) is 0 Å². The lowest BCUT2D eigenvalue weighted by atomic mass is 10.1. The molecule has 1 aromatic carbocycles. The molecule has 142 valence electrons. The van der Waals surface area contributed by atoms with E-state index >= 15 is 0 Å². The molecule has 1 heterocycles. The molecule has 2 N–H and O–H groups in total. The molecule has 2 rings (SSSR count). The quantitative estimate of drug-likeness (QED) is 0.577. The topological polar surface area (TPSA) is 97.4 Å². The Bertz CT molecular complexity index is 821. The van der Waals surface area contributed by atoms with Gasteiger partial charge in [0.15, 0.2) is 0 Å². The van der Waals surface area contributed by atoms with E-state index < -0.39 is 29.8 Å². The molecular weight excluding hydrogens is 380 g/mol. The number of carbonyl (C=O) groups excluding carboxylic acids is 3. The third-order valence-corrected chi connectivity index (χ3v) is 3.95. The number of carbonyl (C=O) groups is 3. The van der Waals surface area contributed by atoms with Gasteiger partial charge in [0.25, 0.3) is 11.7 Å². The van der Waals surface area contributed by atoms with Gasteiger partial charge in [-0.2, -0.15) is 8.78 Å². The zero-order valence-electron chi connectivity index (χ0n) is 14.0. The zero-order chi connectivity index (χ0) is 19.8. The van der Waals surface area contributed by atoms with Crippen LogP contribution < -0.4 is 10.6 Å². The predicted molar refractivity (Wildman–Crippen MR) is 93.3 cm³/mol. The number of pyridine rings is 1. The summed E-state index contributed by atoms with van der Waals surface area (Å²) in [6, 6.07) is 9.84. The second-order valence-corrected chi connectivity index (χ2v) is 5.98. The molecule has 3 amide bonds. The minimum atomic E-state index is -2.78. The highest BCUT2D eigenvalue weighted by atomic mass is 32.2. The summed E-state index contributed by atoms with van der Waals surface area (Å²) in [4.78, 5) is 40.0. The maximum Gasteiger partial charge on any atom is 0.342 e. The maximum absolute atomic E-state index is 12.7. The molecule has 7 nitrogen and oxygen atoms in total. The van der Waals surface area contributed by atoms with Crippen molar-refractivity contribution in [2.24, 2.45) is 0 Å². The van der Waals surface area contributed by atoms with Crippen LogP contribution in [-0.4, -0.2) is 35.7 Å². The number of benzene rings is 1. The van der Waals surface area contributed by atoms with Crippen molar-refractivity contribution in [3.05, 3.63) is 59.8 Å². The van der Waals surface area contributed by atoms with Gasteiger partial charge < -0.3 is 10.1 Å². The van der Waals surface area contributed by atoms with E-state index in [1.165, 1.54) is 37.5 Å². The van der Waals surface area contributed by atoms with E-state index in [2.05, 4.69) is 10.3 Å². The van der Waals surface area contributed by atoms with Crippen molar-refractivity contribution < 1.29 is 27.9 Å². The minimum Gasteiger partial charge on any atom is -0.444 e. The van der Waals surface area contributed by atoms with Crippen LogP contribution in [0, 0.1) is 0 Å². The van der Waals surface area contributed by atoms with Crippen LogP contribution in [-0.2, 0) is 9.53 Å². The summed E-state index contributed by atoms with van der Waals surface area (Å²) in [6.07, 6.45) is -0.199. The summed E-state index contributed by atoms with van der Waals surface area (Å²) in [5.74, 6) is -4.69. The van der Waals surface area contributed by atoms with Crippen LogP contribution in [0.25, 0.3) is 0 Å². The molecule has 0 bridgehead atoms.